The molecule has 1 N–H and O–H groups in total. The standard InChI is InChI=1S/C15H22N2O3/c1-10-6-7-11(17(18)19)8-12(10)16-13-9-14(2,3)20-15(13,4)5/h6-8,13,16H,9H2,1-5H3. The number of rotatable bonds is 3. The van der Waals surface area contributed by atoms with Gasteiger partial charge in [0.05, 0.1) is 22.2 Å². The SMILES string of the molecule is Cc1ccc([N+](=O)[O-])cc1NC1CC(C)(C)OC1(C)C. The van der Waals surface area contributed by atoms with E-state index < -0.39 is 0 Å². The van der Waals surface area contributed by atoms with Gasteiger partial charge in [0.2, 0.25) is 0 Å². The zero-order valence-electron chi connectivity index (χ0n) is 12.7. The van der Waals surface area contributed by atoms with E-state index in [-0.39, 0.29) is 27.9 Å². The van der Waals surface area contributed by atoms with Crippen LogP contribution < -0.4 is 5.32 Å². The number of hydrogen-bond donors (Lipinski definition) is 1. The molecule has 1 fully saturated rings. The number of nitrogens with one attached hydrogen (secondary N) is 1. The minimum atomic E-state index is -0.370. The van der Waals surface area contributed by atoms with Crippen molar-refractivity contribution < 1.29 is 9.66 Å². The van der Waals surface area contributed by atoms with E-state index in [1.165, 1.54) is 6.07 Å². The number of ether oxygens (including phenoxy) is 1. The van der Waals surface area contributed by atoms with Gasteiger partial charge in [0, 0.05) is 17.8 Å². The number of anilines is 1. The van der Waals surface area contributed by atoms with Crippen molar-refractivity contribution in [1.82, 2.24) is 0 Å². The van der Waals surface area contributed by atoms with Crippen LogP contribution in [-0.2, 0) is 4.74 Å². The molecular formula is C15H22N2O3. The third-order valence-corrected chi connectivity index (χ3v) is 3.84. The summed E-state index contributed by atoms with van der Waals surface area (Å²) < 4.78 is 6.04. The quantitative estimate of drug-likeness (QED) is 0.677. The van der Waals surface area contributed by atoms with Gasteiger partial charge in [0.25, 0.3) is 5.69 Å². The summed E-state index contributed by atoms with van der Waals surface area (Å²) >= 11 is 0. The molecule has 0 bridgehead atoms. The molecule has 0 saturated carbocycles. The Kier molecular flexibility index (Phi) is 3.50. The predicted octanol–water partition coefficient (Wildman–Crippen LogP) is 3.66. The van der Waals surface area contributed by atoms with Gasteiger partial charge in [-0.1, -0.05) is 6.07 Å². The Balaban J connectivity index is 2.26. The lowest BCUT2D eigenvalue weighted by Gasteiger charge is -2.28. The summed E-state index contributed by atoms with van der Waals surface area (Å²) in [6.07, 6.45) is 0.863. The van der Waals surface area contributed by atoms with E-state index >= 15 is 0 Å². The number of non-ortho nitro benzene ring substituents is 1. The molecular weight excluding hydrogens is 256 g/mol. The number of hydrogen-bond acceptors (Lipinski definition) is 4. The molecule has 1 atom stereocenters. The van der Waals surface area contributed by atoms with Crippen LogP contribution in [0.2, 0.25) is 0 Å². The molecule has 0 aromatic heterocycles. The third-order valence-electron chi connectivity index (χ3n) is 3.84. The molecule has 1 aromatic carbocycles. The maximum Gasteiger partial charge on any atom is 0.271 e. The number of nitro benzene ring substituents is 1. The second-order valence-electron chi connectivity index (χ2n) is 6.62. The number of benzene rings is 1. The molecule has 1 heterocycles. The first-order valence-corrected chi connectivity index (χ1v) is 6.82. The summed E-state index contributed by atoms with van der Waals surface area (Å²) in [5.41, 5.74) is 1.42. The van der Waals surface area contributed by atoms with Gasteiger partial charge in [-0.25, -0.2) is 0 Å². The van der Waals surface area contributed by atoms with Gasteiger partial charge in [-0.3, -0.25) is 10.1 Å². The topological polar surface area (TPSA) is 64.4 Å². The van der Waals surface area contributed by atoms with Crippen LogP contribution in [0.4, 0.5) is 11.4 Å². The number of aryl methyl sites for hydroxylation is 1. The van der Waals surface area contributed by atoms with Crippen LogP contribution >= 0.6 is 0 Å². The maximum absolute atomic E-state index is 10.9. The molecule has 0 aliphatic carbocycles. The third kappa shape index (κ3) is 2.93. The van der Waals surface area contributed by atoms with Crippen LogP contribution in [0.3, 0.4) is 0 Å². The van der Waals surface area contributed by atoms with E-state index in [0.717, 1.165) is 17.7 Å². The summed E-state index contributed by atoms with van der Waals surface area (Å²) in [7, 11) is 0. The molecule has 1 unspecified atom stereocenters. The molecule has 1 saturated heterocycles. The molecule has 0 radical (unpaired) electrons. The Hall–Kier alpha value is -1.62. The van der Waals surface area contributed by atoms with Crippen molar-refractivity contribution in [2.24, 2.45) is 0 Å². The summed E-state index contributed by atoms with van der Waals surface area (Å²) in [4.78, 5) is 10.5. The van der Waals surface area contributed by atoms with Crippen LogP contribution in [0.5, 0.6) is 0 Å². The van der Waals surface area contributed by atoms with Crippen molar-refractivity contribution in [2.75, 3.05) is 5.32 Å². The Bertz CT molecular complexity index is 538. The normalized spacial score (nSPS) is 23.6. The Morgan fingerprint density at radius 2 is 2.00 bits per heavy atom. The largest absolute Gasteiger partial charge is 0.379 e. The molecule has 5 nitrogen and oxygen atoms in total. The van der Waals surface area contributed by atoms with Crippen LogP contribution in [0, 0.1) is 17.0 Å². The van der Waals surface area contributed by atoms with Crippen LogP contribution in [-0.4, -0.2) is 22.2 Å². The molecule has 0 spiro atoms. The van der Waals surface area contributed by atoms with E-state index in [0.29, 0.717) is 0 Å². The Labute approximate surface area is 119 Å². The van der Waals surface area contributed by atoms with Gasteiger partial charge in [-0.15, -0.1) is 0 Å². The molecule has 1 aliphatic heterocycles. The lowest BCUT2D eigenvalue weighted by Crippen LogP contribution is -2.38. The van der Waals surface area contributed by atoms with Crippen LogP contribution in [0.25, 0.3) is 0 Å². The molecule has 2 rings (SSSR count). The molecule has 20 heavy (non-hydrogen) atoms. The van der Waals surface area contributed by atoms with Gasteiger partial charge < -0.3 is 10.1 Å². The van der Waals surface area contributed by atoms with E-state index in [2.05, 4.69) is 19.2 Å². The molecule has 1 aromatic rings. The lowest BCUT2D eigenvalue weighted by atomic mass is 9.94. The number of nitrogens with zero attached hydrogens (tertiary/aromatic N) is 1. The average Bonchev–Trinajstić information content (AvgIpc) is 2.49. The first kappa shape index (κ1) is 14.8. The summed E-state index contributed by atoms with van der Waals surface area (Å²) in [6, 6.07) is 5.02. The first-order chi connectivity index (χ1) is 9.11. The van der Waals surface area contributed by atoms with Gasteiger partial charge in [0.1, 0.15) is 0 Å². The lowest BCUT2D eigenvalue weighted by molar-refractivity contribution is -0.384. The minimum absolute atomic E-state index is 0.106. The predicted molar refractivity (Wildman–Crippen MR) is 79.1 cm³/mol. The maximum atomic E-state index is 10.9. The smallest absolute Gasteiger partial charge is 0.271 e. The first-order valence-electron chi connectivity index (χ1n) is 6.82. The fraction of sp³-hybridized carbons (Fsp3) is 0.600. The molecule has 1 aliphatic rings. The zero-order valence-corrected chi connectivity index (χ0v) is 12.7. The second kappa shape index (κ2) is 4.74. The van der Waals surface area contributed by atoms with Crippen molar-refractivity contribution in [3.63, 3.8) is 0 Å². The van der Waals surface area contributed by atoms with Crippen molar-refractivity contribution >= 4 is 11.4 Å². The summed E-state index contributed by atoms with van der Waals surface area (Å²) in [6.45, 7) is 10.2. The summed E-state index contributed by atoms with van der Waals surface area (Å²) in [5, 5.41) is 14.3. The van der Waals surface area contributed by atoms with Crippen molar-refractivity contribution in [2.45, 2.75) is 58.3 Å². The second-order valence-corrected chi connectivity index (χ2v) is 6.62. The molecule has 0 amide bonds. The van der Waals surface area contributed by atoms with Crippen molar-refractivity contribution in [3.8, 4) is 0 Å². The van der Waals surface area contributed by atoms with Crippen LogP contribution in [0.15, 0.2) is 18.2 Å². The fourth-order valence-electron chi connectivity index (χ4n) is 2.85. The van der Waals surface area contributed by atoms with E-state index in [1.54, 1.807) is 12.1 Å². The number of nitro groups is 1. The highest BCUT2D eigenvalue weighted by Gasteiger charge is 2.45. The highest BCUT2D eigenvalue weighted by atomic mass is 16.6. The van der Waals surface area contributed by atoms with Gasteiger partial charge in [-0.05, 0) is 46.6 Å². The molecule has 5 heteroatoms. The highest BCUT2D eigenvalue weighted by Crippen LogP contribution is 2.39. The van der Waals surface area contributed by atoms with E-state index in [4.69, 9.17) is 4.74 Å². The molecule has 110 valence electrons. The van der Waals surface area contributed by atoms with Gasteiger partial charge >= 0.3 is 0 Å². The van der Waals surface area contributed by atoms with E-state index in [9.17, 15) is 10.1 Å². The fourth-order valence-corrected chi connectivity index (χ4v) is 2.85. The zero-order chi connectivity index (χ0) is 15.1. The van der Waals surface area contributed by atoms with Crippen molar-refractivity contribution in [3.05, 3.63) is 33.9 Å². The Morgan fingerprint density at radius 3 is 2.50 bits per heavy atom. The van der Waals surface area contributed by atoms with Crippen LogP contribution in [0.1, 0.15) is 39.7 Å². The van der Waals surface area contributed by atoms with Gasteiger partial charge in [0.15, 0.2) is 0 Å². The van der Waals surface area contributed by atoms with Crippen molar-refractivity contribution in [1.29, 1.82) is 0 Å². The summed E-state index contributed by atoms with van der Waals surface area (Å²) in [5.74, 6) is 0. The van der Waals surface area contributed by atoms with E-state index in [1.807, 2.05) is 20.8 Å². The Morgan fingerprint density at radius 1 is 1.35 bits per heavy atom. The minimum Gasteiger partial charge on any atom is -0.379 e. The van der Waals surface area contributed by atoms with Gasteiger partial charge in [-0.2, -0.15) is 0 Å². The highest BCUT2D eigenvalue weighted by molar-refractivity contribution is 5.57. The monoisotopic (exact) mass is 278 g/mol. The average molecular weight is 278 g/mol.